The molecular weight excluding hydrogens is 370 g/mol. The first-order chi connectivity index (χ1) is 13.1. The zero-order valence-electron chi connectivity index (χ0n) is 17.4. The molecule has 0 amide bonds. The van der Waals surface area contributed by atoms with Gasteiger partial charge in [-0.15, -0.1) is 0 Å². The molecule has 0 spiro atoms. The van der Waals surface area contributed by atoms with Gasteiger partial charge in [-0.3, -0.25) is 0 Å². The number of methoxy groups -OCH3 is 1. The fourth-order valence-electron chi connectivity index (χ4n) is 7.00. The molecule has 2 fully saturated rings. The van der Waals surface area contributed by atoms with Crippen LogP contribution >= 0.6 is 0 Å². The highest BCUT2D eigenvalue weighted by Gasteiger charge is 2.57. The maximum Gasteiger partial charge on any atom is 0.277 e. The fraction of sp³-hybridized carbons (Fsp3) is 0.696. The van der Waals surface area contributed by atoms with E-state index in [0.717, 1.165) is 56.3 Å². The number of allylic oxidation sites excluding steroid dienone is 5. The van der Waals surface area contributed by atoms with Gasteiger partial charge in [-0.05, 0) is 84.3 Å². The normalized spacial score (nSPS) is 41.6. The van der Waals surface area contributed by atoms with Gasteiger partial charge in [-0.1, -0.05) is 19.9 Å². The van der Waals surface area contributed by atoms with Crippen molar-refractivity contribution in [2.45, 2.75) is 58.8 Å². The van der Waals surface area contributed by atoms with Gasteiger partial charge >= 0.3 is 0 Å². The van der Waals surface area contributed by atoms with Gasteiger partial charge in [0.25, 0.3) is 5.03 Å². The highest BCUT2D eigenvalue weighted by Crippen LogP contribution is 2.66. The molecular formula is C23H31NO3S. The van der Waals surface area contributed by atoms with E-state index >= 15 is 0 Å². The molecule has 0 bridgehead atoms. The molecule has 0 heterocycles. The maximum absolute atomic E-state index is 12.2. The standard InChI is InChI=1S/C23H31NO3S/c1-22-12-10-16(27-4)14-15(22)6-7-17-18-8-9-20(21(24-3)28(5,25)26)23(18,2)13-11-19(17)22/h6,14,17-19H,7-13H2,1-2,4-5H3/t17-,18-,19-,22-,23-/m0/s1. The van der Waals surface area contributed by atoms with Crippen LogP contribution in [0.2, 0.25) is 0 Å². The highest BCUT2D eigenvalue weighted by molar-refractivity contribution is 7.94. The summed E-state index contributed by atoms with van der Waals surface area (Å²) < 4.78 is 30.0. The molecule has 0 radical (unpaired) electrons. The van der Waals surface area contributed by atoms with Gasteiger partial charge in [-0.2, -0.15) is 0 Å². The molecule has 0 aromatic carbocycles. The van der Waals surface area contributed by atoms with Crippen molar-refractivity contribution in [1.82, 2.24) is 0 Å². The Morgan fingerprint density at radius 2 is 1.89 bits per heavy atom. The zero-order chi connectivity index (χ0) is 20.3. The Hall–Kier alpha value is -1.54. The Labute approximate surface area is 169 Å². The summed E-state index contributed by atoms with van der Waals surface area (Å²) in [7, 11) is -1.70. The number of nitrogens with zero attached hydrogens (tertiary/aromatic N) is 1. The van der Waals surface area contributed by atoms with Crippen LogP contribution in [-0.4, -0.2) is 21.8 Å². The van der Waals surface area contributed by atoms with Gasteiger partial charge in [-0.25, -0.2) is 13.3 Å². The predicted octanol–water partition coefficient (Wildman–Crippen LogP) is 5.26. The van der Waals surface area contributed by atoms with E-state index in [1.54, 1.807) is 7.11 Å². The van der Waals surface area contributed by atoms with E-state index in [-0.39, 0.29) is 15.9 Å². The Morgan fingerprint density at radius 1 is 1.18 bits per heavy atom. The molecule has 4 nitrogen and oxygen atoms in total. The minimum atomic E-state index is -3.46. The lowest BCUT2D eigenvalue weighted by Gasteiger charge is -2.56. The highest BCUT2D eigenvalue weighted by atomic mass is 32.2. The number of hydrogen-bond donors (Lipinski definition) is 0. The van der Waals surface area contributed by atoms with E-state index in [1.807, 2.05) is 0 Å². The van der Waals surface area contributed by atoms with E-state index in [0.29, 0.717) is 17.8 Å². The van der Waals surface area contributed by atoms with E-state index in [9.17, 15) is 8.42 Å². The minimum absolute atomic E-state index is 0.0274. The van der Waals surface area contributed by atoms with Crippen LogP contribution in [0.1, 0.15) is 58.8 Å². The number of hydrogen-bond acceptors (Lipinski definition) is 3. The van der Waals surface area contributed by atoms with Crippen LogP contribution in [0, 0.1) is 35.2 Å². The van der Waals surface area contributed by atoms with Crippen LogP contribution in [0.3, 0.4) is 0 Å². The summed E-state index contributed by atoms with van der Waals surface area (Å²) in [6.07, 6.45) is 12.9. The zero-order valence-corrected chi connectivity index (χ0v) is 18.2. The fourth-order valence-corrected chi connectivity index (χ4v) is 7.95. The number of fused-ring (bicyclic) bond motifs is 5. The second kappa shape index (κ2) is 6.49. The summed E-state index contributed by atoms with van der Waals surface area (Å²) >= 11 is 0. The molecule has 4 aliphatic carbocycles. The second-order valence-corrected chi connectivity index (χ2v) is 11.6. The lowest BCUT2D eigenvalue weighted by molar-refractivity contribution is -0.00837. The monoisotopic (exact) mass is 401 g/mol. The molecule has 0 aromatic rings. The molecule has 0 aliphatic heterocycles. The Kier molecular flexibility index (Phi) is 4.58. The topological polar surface area (TPSA) is 47.7 Å². The average Bonchev–Trinajstić information content (AvgIpc) is 2.98. The summed E-state index contributed by atoms with van der Waals surface area (Å²) in [6.45, 7) is 12.2. The van der Waals surface area contributed by atoms with Crippen molar-refractivity contribution < 1.29 is 13.2 Å². The third-order valence-corrected chi connectivity index (χ3v) is 9.53. The third kappa shape index (κ3) is 2.71. The molecule has 5 atom stereocenters. The molecule has 2 saturated carbocycles. The number of sulfone groups is 1. The average molecular weight is 402 g/mol. The van der Waals surface area contributed by atoms with Gasteiger partial charge in [0.1, 0.15) is 0 Å². The quantitative estimate of drug-likeness (QED) is 0.593. The Balaban J connectivity index is 1.74. The first-order valence-electron chi connectivity index (χ1n) is 10.4. The van der Waals surface area contributed by atoms with Gasteiger partial charge in [0.05, 0.1) is 19.4 Å². The van der Waals surface area contributed by atoms with Gasteiger partial charge in [0.2, 0.25) is 0 Å². The molecule has 28 heavy (non-hydrogen) atoms. The van der Waals surface area contributed by atoms with Crippen LogP contribution in [-0.2, 0) is 14.6 Å². The predicted molar refractivity (Wildman–Crippen MR) is 111 cm³/mol. The van der Waals surface area contributed by atoms with Gasteiger partial charge < -0.3 is 4.74 Å². The summed E-state index contributed by atoms with van der Waals surface area (Å²) in [4.78, 5) is 3.49. The number of ether oxygens (including phenoxy) is 1. The van der Waals surface area contributed by atoms with E-state index in [2.05, 4.69) is 30.8 Å². The van der Waals surface area contributed by atoms with Gasteiger partial charge in [0, 0.05) is 12.7 Å². The number of rotatable bonds is 2. The van der Waals surface area contributed by atoms with Crippen molar-refractivity contribution in [3.05, 3.63) is 45.5 Å². The lowest BCUT2D eigenvalue weighted by atomic mass is 9.48. The Morgan fingerprint density at radius 3 is 2.54 bits per heavy atom. The first kappa shape index (κ1) is 19.8. The van der Waals surface area contributed by atoms with E-state index in [4.69, 9.17) is 11.3 Å². The van der Waals surface area contributed by atoms with E-state index in [1.165, 1.54) is 11.8 Å². The SMILES string of the molecule is [C-]#[N+]C(=C1CC[C@H]2[C@@H]3CC=C4C=C(OC)CC[C@]4(C)[C@H]3CC[C@]12C)S(C)(=O)=O. The van der Waals surface area contributed by atoms with Crippen LogP contribution < -0.4 is 0 Å². The third-order valence-electron chi connectivity index (χ3n) is 8.49. The summed E-state index contributed by atoms with van der Waals surface area (Å²) in [6, 6.07) is 0. The van der Waals surface area contributed by atoms with Crippen molar-refractivity contribution in [3.8, 4) is 0 Å². The first-order valence-corrected chi connectivity index (χ1v) is 12.3. The second-order valence-electron chi connectivity index (χ2n) is 9.67. The van der Waals surface area contributed by atoms with Gasteiger partial charge in [0.15, 0.2) is 9.84 Å². The summed E-state index contributed by atoms with van der Waals surface area (Å²) in [5.41, 5.74) is 2.40. The minimum Gasteiger partial charge on any atom is -0.501 e. The van der Waals surface area contributed by atoms with Crippen molar-refractivity contribution in [2.75, 3.05) is 13.4 Å². The van der Waals surface area contributed by atoms with Crippen LogP contribution in [0.15, 0.2) is 34.1 Å². The molecule has 0 N–H and O–H groups in total. The van der Waals surface area contributed by atoms with Crippen molar-refractivity contribution in [2.24, 2.45) is 28.6 Å². The van der Waals surface area contributed by atoms with Crippen LogP contribution in [0.4, 0.5) is 0 Å². The molecule has 0 saturated heterocycles. The molecule has 4 aliphatic rings. The Bertz CT molecular complexity index is 935. The lowest BCUT2D eigenvalue weighted by Crippen LogP contribution is -2.48. The van der Waals surface area contributed by atoms with Crippen LogP contribution in [0.25, 0.3) is 4.85 Å². The summed E-state index contributed by atoms with van der Waals surface area (Å²) in [5.74, 6) is 2.77. The van der Waals surface area contributed by atoms with Crippen molar-refractivity contribution in [1.29, 1.82) is 0 Å². The largest absolute Gasteiger partial charge is 0.501 e. The van der Waals surface area contributed by atoms with Crippen LogP contribution in [0.5, 0.6) is 0 Å². The van der Waals surface area contributed by atoms with Crippen molar-refractivity contribution >= 4 is 9.84 Å². The van der Waals surface area contributed by atoms with Crippen molar-refractivity contribution in [3.63, 3.8) is 0 Å². The smallest absolute Gasteiger partial charge is 0.277 e. The summed E-state index contributed by atoms with van der Waals surface area (Å²) in [5, 5.41) is 0.0274. The molecule has 0 unspecified atom stereocenters. The molecule has 0 aromatic heterocycles. The molecule has 4 rings (SSSR count). The molecule has 5 heteroatoms. The molecule has 152 valence electrons. The maximum atomic E-state index is 12.2. The van der Waals surface area contributed by atoms with E-state index < -0.39 is 9.84 Å².